The van der Waals surface area contributed by atoms with Crippen molar-refractivity contribution in [3.05, 3.63) is 42.5 Å². The maximum absolute atomic E-state index is 11.6. The summed E-state index contributed by atoms with van der Waals surface area (Å²) >= 11 is 0. The van der Waals surface area contributed by atoms with E-state index in [1.54, 1.807) is 18.2 Å². The largest absolute Gasteiger partial charge is 0.423 e. The number of allylic oxidation sites excluding steroid dienone is 1. The first-order valence-corrected chi connectivity index (χ1v) is 9.76. The molecule has 0 unspecified atom stereocenters. The van der Waals surface area contributed by atoms with Crippen LogP contribution in [0.4, 0.5) is 0 Å². The van der Waals surface area contributed by atoms with E-state index in [-0.39, 0.29) is 5.97 Å². The number of hydrogen-bond acceptors (Lipinski definition) is 2. The van der Waals surface area contributed by atoms with Crippen LogP contribution in [0.5, 0.6) is 5.75 Å². The van der Waals surface area contributed by atoms with Gasteiger partial charge in [0.15, 0.2) is 0 Å². The molecule has 0 N–H and O–H groups in total. The van der Waals surface area contributed by atoms with Gasteiger partial charge in [0.1, 0.15) is 5.75 Å². The minimum atomic E-state index is -0.288. The molecule has 0 saturated carbocycles. The van der Waals surface area contributed by atoms with Crippen LogP contribution in [0.1, 0.15) is 84.0 Å². The zero-order chi connectivity index (χ0) is 17.3. The molecule has 0 saturated heterocycles. The van der Waals surface area contributed by atoms with Crippen LogP contribution in [0.25, 0.3) is 0 Å². The van der Waals surface area contributed by atoms with Crippen LogP contribution in [0.2, 0.25) is 0 Å². The van der Waals surface area contributed by atoms with Crippen molar-refractivity contribution in [3.63, 3.8) is 0 Å². The number of para-hydroxylation sites is 1. The van der Waals surface area contributed by atoms with E-state index in [1.165, 1.54) is 64.2 Å². The first kappa shape index (κ1) is 20.5. The highest BCUT2D eigenvalue weighted by molar-refractivity contribution is 5.83. The van der Waals surface area contributed by atoms with Crippen LogP contribution < -0.4 is 4.74 Å². The van der Waals surface area contributed by atoms with Gasteiger partial charge in [-0.1, -0.05) is 95.4 Å². The summed E-state index contributed by atoms with van der Waals surface area (Å²) in [7, 11) is 0. The third-order valence-corrected chi connectivity index (χ3v) is 4.19. The van der Waals surface area contributed by atoms with Gasteiger partial charge in [-0.3, -0.25) is 0 Å². The maximum atomic E-state index is 11.6. The van der Waals surface area contributed by atoms with Crippen LogP contribution >= 0.6 is 0 Å². The molecule has 0 radical (unpaired) electrons. The van der Waals surface area contributed by atoms with E-state index < -0.39 is 0 Å². The Hall–Kier alpha value is -1.57. The van der Waals surface area contributed by atoms with Crippen LogP contribution in [0.3, 0.4) is 0 Å². The van der Waals surface area contributed by atoms with Crippen molar-refractivity contribution in [2.45, 2.75) is 84.0 Å². The topological polar surface area (TPSA) is 26.3 Å². The second-order valence-corrected chi connectivity index (χ2v) is 6.46. The Morgan fingerprint density at radius 1 is 0.833 bits per heavy atom. The van der Waals surface area contributed by atoms with Gasteiger partial charge in [0.2, 0.25) is 0 Å². The number of rotatable bonds is 14. The van der Waals surface area contributed by atoms with Gasteiger partial charge in [-0.25, -0.2) is 4.79 Å². The lowest BCUT2D eigenvalue weighted by Gasteiger charge is -2.02. The van der Waals surface area contributed by atoms with E-state index >= 15 is 0 Å². The Morgan fingerprint density at radius 3 is 1.96 bits per heavy atom. The lowest BCUT2D eigenvalue weighted by Crippen LogP contribution is -2.03. The van der Waals surface area contributed by atoms with Crippen molar-refractivity contribution in [2.24, 2.45) is 0 Å². The summed E-state index contributed by atoms with van der Waals surface area (Å²) in [6, 6.07) is 9.19. The SMILES string of the molecule is CCCCCCCCCCCCCC=CC(=O)Oc1ccccc1. The second-order valence-electron chi connectivity index (χ2n) is 6.46. The lowest BCUT2D eigenvalue weighted by atomic mass is 10.1. The predicted molar refractivity (Wildman–Crippen MR) is 102 cm³/mol. The van der Waals surface area contributed by atoms with Crippen molar-refractivity contribution in [1.82, 2.24) is 0 Å². The Morgan fingerprint density at radius 2 is 1.38 bits per heavy atom. The molecule has 24 heavy (non-hydrogen) atoms. The van der Waals surface area contributed by atoms with Crippen LogP contribution in [-0.2, 0) is 4.79 Å². The van der Waals surface area contributed by atoms with E-state index in [0.29, 0.717) is 5.75 Å². The minimum absolute atomic E-state index is 0.288. The van der Waals surface area contributed by atoms with Gasteiger partial charge in [-0.05, 0) is 25.0 Å². The molecule has 0 aliphatic heterocycles. The summed E-state index contributed by atoms with van der Waals surface area (Å²) in [6.07, 6.45) is 19.3. The maximum Gasteiger partial charge on any atom is 0.335 e. The molecule has 0 aromatic heterocycles. The molecule has 0 spiro atoms. The van der Waals surface area contributed by atoms with E-state index in [2.05, 4.69) is 6.92 Å². The number of unbranched alkanes of at least 4 members (excludes halogenated alkanes) is 11. The summed E-state index contributed by atoms with van der Waals surface area (Å²) in [5.74, 6) is 0.311. The fourth-order valence-electron chi connectivity index (χ4n) is 2.74. The zero-order valence-corrected chi connectivity index (χ0v) is 15.3. The van der Waals surface area contributed by atoms with Crippen molar-refractivity contribution in [1.29, 1.82) is 0 Å². The molecule has 0 aliphatic carbocycles. The molecular formula is C22H34O2. The summed E-state index contributed by atoms with van der Waals surface area (Å²) in [5.41, 5.74) is 0. The molecule has 2 heteroatoms. The van der Waals surface area contributed by atoms with Gasteiger partial charge in [-0.2, -0.15) is 0 Å². The Labute approximate surface area is 148 Å². The average molecular weight is 331 g/mol. The third kappa shape index (κ3) is 11.9. The summed E-state index contributed by atoms with van der Waals surface area (Å²) in [4.78, 5) is 11.6. The Balaban J connectivity index is 1.88. The smallest absolute Gasteiger partial charge is 0.335 e. The summed E-state index contributed by atoms with van der Waals surface area (Å²) < 4.78 is 5.20. The highest BCUT2D eigenvalue weighted by Crippen LogP contribution is 2.12. The molecule has 0 heterocycles. The standard InChI is InChI=1S/C22H34O2/c1-2-3-4-5-6-7-8-9-10-11-12-13-17-20-22(23)24-21-18-15-14-16-19-21/h14-20H,2-13H2,1H3. The van der Waals surface area contributed by atoms with Gasteiger partial charge in [0, 0.05) is 6.08 Å². The molecule has 0 aliphatic rings. The predicted octanol–water partition coefficient (Wildman–Crippen LogP) is 6.85. The van der Waals surface area contributed by atoms with E-state index in [0.717, 1.165) is 12.8 Å². The highest BCUT2D eigenvalue weighted by atomic mass is 16.5. The van der Waals surface area contributed by atoms with E-state index in [1.807, 2.05) is 24.3 Å². The van der Waals surface area contributed by atoms with Crippen molar-refractivity contribution < 1.29 is 9.53 Å². The molecular weight excluding hydrogens is 296 g/mol. The number of carbonyl (C=O) groups is 1. The van der Waals surface area contributed by atoms with Crippen molar-refractivity contribution in [2.75, 3.05) is 0 Å². The quantitative estimate of drug-likeness (QED) is 0.161. The molecule has 2 nitrogen and oxygen atoms in total. The molecule has 0 atom stereocenters. The van der Waals surface area contributed by atoms with Gasteiger partial charge in [0.25, 0.3) is 0 Å². The Kier molecular flexibility index (Phi) is 12.8. The second kappa shape index (κ2) is 15.0. The fraction of sp³-hybridized carbons (Fsp3) is 0.591. The number of ether oxygens (including phenoxy) is 1. The normalized spacial score (nSPS) is 11.0. The van der Waals surface area contributed by atoms with E-state index in [9.17, 15) is 4.79 Å². The van der Waals surface area contributed by atoms with Crippen LogP contribution in [0, 0.1) is 0 Å². The average Bonchev–Trinajstić information content (AvgIpc) is 2.60. The number of esters is 1. The first-order valence-electron chi connectivity index (χ1n) is 9.76. The van der Waals surface area contributed by atoms with Crippen LogP contribution in [-0.4, -0.2) is 5.97 Å². The van der Waals surface area contributed by atoms with Crippen molar-refractivity contribution in [3.8, 4) is 5.75 Å². The molecule has 0 bridgehead atoms. The third-order valence-electron chi connectivity index (χ3n) is 4.19. The fourth-order valence-corrected chi connectivity index (χ4v) is 2.74. The van der Waals surface area contributed by atoms with Crippen LogP contribution in [0.15, 0.2) is 42.5 Å². The first-order chi connectivity index (χ1) is 11.8. The number of hydrogen-bond donors (Lipinski definition) is 0. The van der Waals surface area contributed by atoms with E-state index in [4.69, 9.17) is 4.74 Å². The molecule has 0 amide bonds. The molecule has 1 aromatic carbocycles. The summed E-state index contributed by atoms with van der Waals surface area (Å²) in [5, 5.41) is 0. The number of benzene rings is 1. The number of carbonyl (C=O) groups excluding carboxylic acids is 1. The van der Waals surface area contributed by atoms with Crippen molar-refractivity contribution >= 4 is 5.97 Å². The zero-order valence-electron chi connectivity index (χ0n) is 15.3. The molecule has 1 rings (SSSR count). The molecule has 1 aromatic rings. The minimum Gasteiger partial charge on any atom is -0.423 e. The summed E-state index contributed by atoms with van der Waals surface area (Å²) in [6.45, 7) is 2.27. The van der Waals surface area contributed by atoms with Gasteiger partial charge in [0.05, 0.1) is 0 Å². The highest BCUT2D eigenvalue weighted by Gasteiger charge is 1.98. The lowest BCUT2D eigenvalue weighted by molar-refractivity contribution is -0.129. The molecule has 134 valence electrons. The monoisotopic (exact) mass is 330 g/mol. The van der Waals surface area contributed by atoms with Gasteiger partial charge < -0.3 is 4.74 Å². The Bertz CT molecular complexity index is 437. The van der Waals surface area contributed by atoms with Gasteiger partial charge >= 0.3 is 5.97 Å². The molecule has 0 fully saturated rings. The van der Waals surface area contributed by atoms with Gasteiger partial charge in [-0.15, -0.1) is 0 Å².